The van der Waals surface area contributed by atoms with Gasteiger partial charge in [0.15, 0.2) is 0 Å². The van der Waals surface area contributed by atoms with Gasteiger partial charge < -0.3 is 0 Å². The Bertz CT molecular complexity index is 472. The number of para-hydroxylation sites is 1. The van der Waals surface area contributed by atoms with Crippen molar-refractivity contribution in [3.8, 4) is 0 Å². The van der Waals surface area contributed by atoms with Crippen molar-refractivity contribution in [2.75, 3.05) is 0 Å². The van der Waals surface area contributed by atoms with Crippen LogP contribution in [0.2, 0.25) is 0 Å². The van der Waals surface area contributed by atoms with E-state index in [9.17, 15) is 0 Å². The maximum Gasteiger partial charge on any atom is 0.0731 e. The van der Waals surface area contributed by atoms with E-state index in [-0.39, 0.29) is 0 Å². The average Bonchev–Trinajstić information content (AvgIpc) is 2.17. The van der Waals surface area contributed by atoms with Crippen molar-refractivity contribution in [1.82, 2.24) is 4.98 Å². The molecule has 1 nitrogen and oxygen atoms in total. The molecule has 0 aliphatic carbocycles. The van der Waals surface area contributed by atoms with Gasteiger partial charge in [-0.15, -0.1) is 0 Å². The van der Waals surface area contributed by atoms with Crippen LogP contribution in [0.5, 0.6) is 0 Å². The SMILES string of the molecule is Cc1cccc2cc(CC(C)C)cnc12. The number of aryl methyl sites for hydroxylation is 1. The molecule has 1 aromatic heterocycles. The number of fused-ring (bicyclic) bond motifs is 1. The van der Waals surface area contributed by atoms with Crippen molar-refractivity contribution in [2.45, 2.75) is 27.2 Å². The van der Waals surface area contributed by atoms with E-state index < -0.39 is 0 Å². The smallest absolute Gasteiger partial charge is 0.0731 e. The van der Waals surface area contributed by atoms with Crippen LogP contribution >= 0.6 is 0 Å². The Kier molecular flexibility index (Phi) is 2.72. The minimum atomic E-state index is 0.689. The molecule has 0 saturated carbocycles. The van der Waals surface area contributed by atoms with Crippen molar-refractivity contribution in [2.24, 2.45) is 5.92 Å². The summed E-state index contributed by atoms with van der Waals surface area (Å²) in [5, 5.41) is 1.26. The van der Waals surface area contributed by atoms with Crippen molar-refractivity contribution in [3.63, 3.8) is 0 Å². The highest BCUT2D eigenvalue weighted by atomic mass is 14.7. The summed E-state index contributed by atoms with van der Waals surface area (Å²) >= 11 is 0. The molecule has 0 aliphatic rings. The topological polar surface area (TPSA) is 12.9 Å². The lowest BCUT2D eigenvalue weighted by Crippen LogP contribution is -1.95. The second-order valence-corrected chi connectivity index (χ2v) is 4.59. The highest BCUT2D eigenvalue weighted by Gasteiger charge is 2.02. The van der Waals surface area contributed by atoms with Gasteiger partial charge in [0.1, 0.15) is 0 Å². The van der Waals surface area contributed by atoms with Crippen LogP contribution in [0, 0.1) is 12.8 Å². The quantitative estimate of drug-likeness (QED) is 0.718. The van der Waals surface area contributed by atoms with Crippen LogP contribution in [0.3, 0.4) is 0 Å². The molecule has 0 amide bonds. The lowest BCUT2D eigenvalue weighted by atomic mass is 10.0. The van der Waals surface area contributed by atoms with E-state index in [1.54, 1.807) is 0 Å². The standard InChI is InChI=1S/C14H17N/c1-10(2)7-12-8-13-6-4-5-11(3)14(13)15-9-12/h4-6,8-10H,7H2,1-3H3. The largest absolute Gasteiger partial charge is 0.256 e. The van der Waals surface area contributed by atoms with E-state index in [0.29, 0.717) is 5.92 Å². The van der Waals surface area contributed by atoms with Crippen LogP contribution in [-0.4, -0.2) is 4.98 Å². The molecule has 0 atom stereocenters. The molecule has 2 rings (SSSR count). The Morgan fingerprint density at radius 3 is 2.80 bits per heavy atom. The molecule has 0 spiro atoms. The molecule has 1 heteroatoms. The summed E-state index contributed by atoms with van der Waals surface area (Å²) in [5.41, 5.74) is 3.72. The predicted molar refractivity (Wildman–Crippen MR) is 65.0 cm³/mol. The zero-order chi connectivity index (χ0) is 10.8. The fourth-order valence-corrected chi connectivity index (χ4v) is 1.94. The van der Waals surface area contributed by atoms with Crippen molar-refractivity contribution in [3.05, 3.63) is 41.6 Å². The summed E-state index contributed by atoms with van der Waals surface area (Å²) in [6.07, 6.45) is 3.12. The number of rotatable bonds is 2. The number of pyridine rings is 1. The summed E-state index contributed by atoms with van der Waals surface area (Å²) in [7, 11) is 0. The number of hydrogen-bond donors (Lipinski definition) is 0. The molecular weight excluding hydrogens is 182 g/mol. The summed E-state index contributed by atoms with van der Waals surface area (Å²) in [6, 6.07) is 8.60. The Morgan fingerprint density at radius 1 is 1.27 bits per heavy atom. The van der Waals surface area contributed by atoms with Gasteiger partial charge in [-0.3, -0.25) is 4.98 Å². The molecule has 78 valence electrons. The van der Waals surface area contributed by atoms with Gasteiger partial charge in [-0.05, 0) is 36.5 Å². The minimum absolute atomic E-state index is 0.689. The van der Waals surface area contributed by atoms with Crippen LogP contribution < -0.4 is 0 Å². The zero-order valence-corrected chi connectivity index (χ0v) is 9.62. The number of nitrogens with zero attached hydrogens (tertiary/aromatic N) is 1. The van der Waals surface area contributed by atoms with E-state index >= 15 is 0 Å². The molecule has 0 bridgehead atoms. The number of aromatic nitrogens is 1. The molecule has 15 heavy (non-hydrogen) atoms. The third-order valence-corrected chi connectivity index (χ3v) is 2.61. The Hall–Kier alpha value is -1.37. The summed E-state index contributed by atoms with van der Waals surface area (Å²) in [5.74, 6) is 0.689. The number of hydrogen-bond acceptors (Lipinski definition) is 1. The zero-order valence-electron chi connectivity index (χ0n) is 9.62. The molecule has 1 heterocycles. The average molecular weight is 199 g/mol. The normalized spacial score (nSPS) is 11.2. The van der Waals surface area contributed by atoms with E-state index in [1.807, 2.05) is 6.20 Å². The first kappa shape index (κ1) is 10.2. The molecular formula is C14H17N. The van der Waals surface area contributed by atoms with Crippen LogP contribution in [-0.2, 0) is 6.42 Å². The molecule has 0 saturated heterocycles. The van der Waals surface area contributed by atoms with E-state index in [4.69, 9.17) is 0 Å². The lowest BCUT2D eigenvalue weighted by molar-refractivity contribution is 0.646. The van der Waals surface area contributed by atoms with Crippen molar-refractivity contribution < 1.29 is 0 Å². The Morgan fingerprint density at radius 2 is 2.07 bits per heavy atom. The van der Waals surface area contributed by atoms with Gasteiger partial charge in [-0.2, -0.15) is 0 Å². The predicted octanol–water partition coefficient (Wildman–Crippen LogP) is 3.74. The summed E-state index contributed by atoms with van der Waals surface area (Å²) < 4.78 is 0. The van der Waals surface area contributed by atoms with E-state index in [1.165, 1.54) is 16.5 Å². The molecule has 0 unspecified atom stereocenters. The minimum Gasteiger partial charge on any atom is -0.256 e. The van der Waals surface area contributed by atoms with Gasteiger partial charge in [0.2, 0.25) is 0 Å². The van der Waals surface area contributed by atoms with Gasteiger partial charge in [-0.1, -0.05) is 32.0 Å². The van der Waals surface area contributed by atoms with Gasteiger partial charge in [0.05, 0.1) is 5.52 Å². The first-order valence-electron chi connectivity index (χ1n) is 5.51. The van der Waals surface area contributed by atoms with Gasteiger partial charge >= 0.3 is 0 Å². The fourth-order valence-electron chi connectivity index (χ4n) is 1.94. The molecule has 0 N–H and O–H groups in total. The molecule has 2 aromatic rings. The molecule has 0 aliphatic heterocycles. The fraction of sp³-hybridized carbons (Fsp3) is 0.357. The summed E-state index contributed by atoms with van der Waals surface area (Å²) in [4.78, 5) is 4.53. The van der Waals surface area contributed by atoms with Gasteiger partial charge in [0.25, 0.3) is 0 Å². The maximum atomic E-state index is 4.53. The first-order valence-corrected chi connectivity index (χ1v) is 5.51. The van der Waals surface area contributed by atoms with E-state index in [0.717, 1.165) is 11.9 Å². The Labute approximate surface area is 91.2 Å². The summed E-state index contributed by atoms with van der Waals surface area (Å²) in [6.45, 7) is 6.58. The third-order valence-electron chi connectivity index (χ3n) is 2.61. The highest BCUT2D eigenvalue weighted by Crippen LogP contribution is 2.18. The molecule has 1 aromatic carbocycles. The van der Waals surface area contributed by atoms with Crippen molar-refractivity contribution in [1.29, 1.82) is 0 Å². The van der Waals surface area contributed by atoms with Crippen LogP contribution in [0.4, 0.5) is 0 Å². The maximum absolute atomic E-state index is 4.53. The Balaban J connectivity index is 2.48. The second-order valence-electron chi connectivity index (χ2n) is 4.59. The molecule has 0 fully saturated rings. The van der Waals surface area contributed by atoms with E-state index in [2.05, 4.69) is 50.0 Å². The molecule has 0 radical (unpaired) electrons. The second kappa shape index (κ2) is 4.01. The monoisotopic (exact) mass is 199 g/mol. The third kappa shape index (κ3) is 2.17. The highest BCUT2D eigenvalue weighted by molar-refractivity contribution is 5.81. The first-order chi connectivity index (χ1) is 7.16. The van der Waals surface area contributed by atoms with Gasteiger partial charge in [0, 0.05) is 11.6 Å². The van der Waals surface area contributed by atoms with Crippen LogP contribution in [0.25, 0.3) is 10.9 Å². The van der Waals surface area contributed by atoms with Gasteiger partial charge in [-0.25, -0.2) is 0 Å². The van der Waals surface area contributed by atoms with Crippen molar-refractivity contribution >= 4 is 10.9 Å². The van der Waals surface area contributed by atoms with Crippen LogP contribution in [0.1, 0.15) is 25.0 Å². The van der Waals surface area contributed by atoms with Crippen LogP contribution in [0.15, 0.2) is 30.5 Å². The lowest BCUT2D eigenvalue weighted by Gasteiger charge is -2.06. The number of benzene rings is 1.